The molecule has 0 aromatic heterocycles. The maximum atomic E-state index is 10.8. The first-order chi connectivity index (χ1) is 6.89. The lowest BCUT2D eigenvalue weighted by molar-refractivity contribution is -0.139. The molecule has 0 amide bonds. The van der Waals surface area contributed by atoms with E-state index in [1.54, 1.807) is 0 Å². The molecule has 0 radical (unpaired) electrons. The Hall–Kier alpha value is -0.920. The molecule has 88 valence electrons. The molecule has 0 bridgehead atoms. The molecular weight excluding hydrogens is 224 g/mol. The minimum absolute atomic E-state index is 0.00606. The average Bonchev–Trinajstić information content (AvgIpc) is 2.11. The Bertz CT molecular complexity index is 318. The zero-order valence-electron chi connectivity index (χ0n) is 8.69. The van der Waals surface area contributed by atoms with Crippen LogP contribution in [0.3, 0.4) is 0 Å². The number of carbonyl (C=O) groups excluding carboxylic acids is 1. The minimum atomic E-state index is -3.96. The van der Waals surface area contributed by atoms with Crippen LogP contribution in [-0.2, 0) is 28.3 Å². The van der Waals surface area contributed by atoms with E-state index < -0.39 is 16.4 Å². The van der Waals surface area contributed by atoms with E-state index in [9.17, 15) is 13.2 Å². The number of rotatable bonds is 7. The summed E-state index contributed by atoms with van der Waals surface area (Å²) in [5, 5.41) is 0. The van der Waals surface area contributed by atoms with Crippen molar-refractivity contribution in [3.8, 4) is 0 Å². The zero-order valence-corrected chi connectivity index (χ0v) is 9.50. The summed E-state index contributed by atoms with van der Waals surface area (Å²) in [5.41, 5.74) is 0.239. The van der Waals surface area contributed by atoms with E-state index in [0.717, 1.165) is 0 Å². The number of hydrogen-bond donors (Lipinski definition) is 0. The average molecular weight is 238 g/mol. The van der Waals surface area contributed by atoms with Crippen LogP contribution in [-0.4, -0.2) is 34.2 Å². The van der Waals surface area contributed by atoms with Crippen molar-refractivity contribution in [3.05, 3.63) is 12.2 Å². The standard InChI is InChI=1S/C8H14O6S/c1-4-13-15(10,11)14-6-5-12-8(9)7(2)3/h2,4-6H2,1,3H3. The minimum Gasteiger partial charge on any atom is -0.460 e. The van der Waals surface area contributed by atoms with E-state index in [0.29, 0.717) is 0 Å². The van der Waals surface area contributed by atoms with Gasteiger partial charge in [0, 0.05) is 5.57 Å². The van der Waals surface area contributed by atoms with Gasteiger partial charge in [-0.1, -0.05) is 6.58 Å². The molecule has 6 nitrogen and oxygen atoms in total. The molecule has 15 heavy (non-hydrogen) atoms. The van der Waals surface area contributed by atoms with Crippen molar-refractivity contribution >= 4 is 16.4 Å². The topological polar surface area (TPSA) is 78.9 Å². The summed E-state index contributed by atoms with van der Waals surface area (Å²) in [7, 11) is -3.96. The van der Waals surface area contributed by atoms with Gasteiger partial charge in [-0.25, -0.2) is 13.2 Å². The van der Waals surface area contributed by atoms with Crippen LogP contribution in [0.5, 0.6) is 0 Å². The third-order valence-electron chi connectivity index (χ3n) is 1.15. The van der Waals surface area contributed by atoms with Gasteiger partial charge in [0.15, 0.2) is 0 Å². The highest BCUT2D eigenvalue weighted by Crippen LogP contribution is 1.96. The summed E-state index contributed by atoms with van der Waals surface area (Å²) >= 11 is 0. The molecule has 0 saturated heterocycles. The molecule has 0 aromatic rings. The lowest BCUT2D eigenvalue weighted by atomic mass is 10.4. The zero-order chi connectivity index (χ0) is 11.9. The summed E-state index contributed by atoms with van der Waals surface area (Å²) in [6.07, 6.45) is 0. The van der Waals surface area contributed by atoms with Crippen molar-refractivity contribution in [2.24, 2.45) is 0 Å². The molecule has 0 aliphatic heterocycles. The van der Waals surface area contributed by atoms with Gasteiger partial charge in [0.25, 0.3) is 0 Å². The first kappa shape index (κ1) is 14.1. The van der Waals surface area contributed by atoms with Crippen molar-refractivity contribution in [2.45, 2.75) is 13.8 Å². The number of esters is 1. The number of hydrogen-bond acceptors (Lipinski definition) is 6. The largest absolute Gasteiger partial charge is 0.460 e. The van der Waals surface area contributed by atoms with E-state index in [-0.39, 0.29) is 25.4 Å². The summed E-state index contributed by atoms with van der Waals surface area (Å²) < 4.78 is 34.8. The second-order valence-electron chi connectivity index (χ2n) is 2.55. The van der Waals surface area contributed by atoms with Gasteiger partial charge in [-0.3, -0.25) is 0 Å². The first-order valence-corrected chi connectivity index (χ1v) is 5.58. The van der Waals surface area contributed by atoms with Crippen LogP contribution in [0.25, 0.3) is 0 Å². The van der Waals surface area contributed by atoms with Crippen molar-refractivity contribution in [2.75, 3.05) is 19.8 Å². The Morgan fingerprint density at radius 3 is 2.33 bits per heavy atom. The molecule has 0 aromatic carbocycles. The summed E-state index contributed by atoms with van der Waals surface area (Å²) in [6.45, 7) is 5.90. The van der Waals surface area contributed by atoms with Crippen molar-refractivity contribution in [1.82, 2.24) is 0 Å². The summed E-state index contributed by atoms with van der Waals surface area (Å²) in [6, 6.07) is 0. The maximum Gasteiger partial charge on any atom is 0.399 e. The van der Waals surface area contributed by atoms with Crippen LogP contribution in [0, 0.1) is 0 Å². The molecule has 0 saturated carbocycles. The van der Waals surface area contributed by atoms with E-state index in [2.05, 4.69) is 19.7 Å². The molecular formula is C8H14O6S. The Balaban J connectivity index is 3.72. The Morgan fingerprint density at radius 2 is 1.87 bits per heavy atom. The van der Waals surface area contributed by atoms with Gasteiger partial charge in [-0.2, -0.15) is 8.42 Å². The predicted molar refractivity (Wildman–Crippen MR) is 52.3 cm³/mol. The Labute approximate surface area is 89.1 Å². The normalized spacial score (nSPS) is 11.1. The van der Waals surface area contributed by atoms with Crippen LogP contribution in [0.1, 0.15) is 13.8 Å². The fraction of sp³-hybridized carbons (Fsp3) is 0.625. The highest BCUT2D eigenvalue weighted by molar-refractivity contribution is 7.81. The maximum absolute atomic E-state index is 10.8. The molecule has 0 spiro atoms. The van der Waals surface area contributed by atoms with Crippen LogP contribution in [0.2, 0.25) is 0 Å². The molecule has 0 atom stereocenters. The van der Waals surface area contributed by atoms with Gasteiger partial charge in [-0.05, 0) is 13.8 Å². The third kappa shape index (κ3) is 7.06. The van der Waals surface area contributed by atoms with Crippen LogP contribution < -0.4 is 0 Å². The second-order valence-corrected chi connectivity index (χ2v) is 3.84. The van der Waals surface area contributed by atoms with E-state index in [1.807, 2.05) is 0 Å². The molecule has 0 aliphatic carbocycles. The fourth-order valence-electron chi connectivity index (χ4n) is 0.572. The summed E-state index contributed by atoms with van der Waals surface area (Å²) in [5.74, 6) is -0.590. The monoisotopic (exact) mass is 238 g/mol. The van der Waals surface area contributed by atoms with Crippen LogP contribution >= 0.6 is 0 Å². The van der Waals surface area contributed by atoms with Gasteiger partial charge < -0.3 is 4.74 Å². The second kappa shape index (κ2) is 6.54. The van der Waals surface area contributed by atoms with Crippen LogP contribution in [0.15, 0.2) is 12.2 Å². The van der Waals surface area contributed by atoms with Gasteiger partial charge in [-0.15, -0.1) is 0 Å². The molecule has 0 fully saturated rings. The van der Waals surface area contributed by atoms with Gasteiger partial charge >= 0.3 is 16.4 Å². The molecule has 0 N–H and O–H groups in total. The first-order valence-electron chi connectivity index (χ1n) is 4.25. The third-order valence-corrected chi connectivity index (χ3v) is 2.13. The SMILES string of the molecule is C=C(C)C(=O)OCCOS(=O)(=O)OCC. The molecule has 0 rings (SSSR count). The van der Waals surface area contributed by atoms with Gasteiger partial charge in [0.05, 0.1) is 6.61 Å². The molecule has 7 heteroatoms. The smallest absolute Gasteiger partial charge is 0.399 e. The number of carbonyl (C=O) groups is 1. The van der Waals surface area contributed by atoms with E-state index >= 15 is 0 Å². The van der Waals surface area contributed by atoms with E-state index in [4.69, 9.17) is 0 Å². The quantitative estimate of drug-likeness (QED) is 0.363. The van der Waals surface area contributed by atoms with E-state index in [1.165, 1.54) is 13.8 Å². The van der Waals surface area contributed by atoms with Crippen molar-refractivity contribution in [1.29, 1.82) is 0 Å². The lowest BCUT2D eigenvalue weighted by Gasteiger charge is -2.05. The molecule has 0 aliphatic rings. The molecule has 0 unspecified atom stereocenters. The lowest BCUT2D eigenvalue weighted by Crippen LogP contribution is -2.16. The molecule has 0 heterocycles. The van der Waals surface area contributed by atoms with Gasteiger partial charge in [0.1, 0.15) is 13.2 Å². The Morgan fingerprint density at radius 1 is 1.27 bits per heavy atom. The predicted octanol–water partition coefficient (Wildman–Crippen LogP) is 0.404. The van der Waals surface area contributed by atoms with Crippen LogP contribution in [0.4, 0.5) is 0 Å². The highest BCUT2D eigenvalue weighted by Gasteiger charge is 2.10. The highest BCUT2D eigenvalue weighted by atomic mass is 32.3. The Kier molecular flexibility index (Phi) is 6.14. The number of ether oxygens (including phenoxy) is 1. The van der Waals surface area contributed by atoms with Gasteiger partial charge in [0.2, 0.25) is 0 Å². The van der Waals surface area contributed by atoms with Crippen molar-refractivity contribution in [3.63, 3.8) is 0 Å². The fourth-order valence-corrected chi connectivity index (χ4v) is 1.20. The summed E-state index contributed by atoms with van der Waals surface area (Å²) in [4.78, 5) is 10.8. The van der Waals surface area contributed by atoms with Crippen molar-refractivity contribution < 1.29 is 26.3 Å².